The van der Waals surface area contributed by atoms with Gasteiger partial charge in [0.1, 0.15) is 0 Å². The van der Waals surface area contributed by atoms with E-state index < -0.39 is 5.97 Å². The number of benzene rings is 1. The van der Waals surface area contributed by atoms with Crippen LogP contribution in [0.1, 0.15) is 39.1 Å². The highest BCUT2D eigenvalue weighted by Gasteiger charge is 2.11. The second kappa shape index (κ2) is 8.98. The molecule has 2 amide bonds. The van der Waals surface area contributed by atoms with E-state index in [1.165, 1.54) is 23.5 Å². The van der Waals surface area contributed by atoms with E-state index in [0.717, 1.165) is 5.56 Å². The first-order valence-corrected chi connectivity index (χ1v) is 8.78. The molecule has 0 aliphatic carbocycles. The lowest BCUT2D eigenvalue weighted by Gasteiger charge is -2.17. The fourth-order valence-corrected chi connectivity index (χ4v) is 2.88. The number of amides is 2. The summed E-state index contributed by atoms with van der Waals surface area (Å²) in [5.41, 5.74) is 1.73. The molecule has 1 aromatic carbocycles. The Bertz CT molecular complexity index is 726. The van der Waals surface area contributed by atoms with Crippen molar-refractivity contribution in [3.63, 3.8) is 0 Å². The Hall–Kier alpha value is -2.67. The third-order valence-electron chi connectivity index (χ3n) is 3.68. The monoisotopic (exact) mass is 360 g/mol. The number of carbonyl (C=O) groups excluding carboxylic acids is 2. The average Bonchev–Trinajstić information content (AvgIpc) is 3.13. The molecule has 0 fully saturated rings. The Morgan fingerprint density at radius 2 is 1.84 bits per heavy atom. The fraction of sp³-hybridized carbons (Fsp3) is 0.278. The molecule has 0 aliphatic heterocycles. The van der Waals surface area contributed by atoms with Crippen LogP contribution >= 0.6 is 11.3 Å². The SMILES string of the molecule is CN(Cc1ccc(C(=O)O)cc1)C(=O)CCCNC(=O)c1ccsc1. The standard InChI is InChI=1S/C18H20N2O4S/c1-20(11-13-4-6-14(7-5-13)18(23)24)16(21)3-2-9-19-17(22)15-8-10-25-12-15/h4-8,10,12H,2-3,9,11H2,1H3,(H,19,22)(H,23,24). The second-order valence-corrected chi connectivity index (χ2v) is 6.40. The summed E-state index contributed by atoms with van der Waals surface area (Å²) in [5.74, 6) is -1.12. The van der Waals surface area contributed by atoms with Crippen LogP contribution in [0.4, 0.5) is 0 Å². The van der Waals surface area contributed by atoms with Crippen molar-refractivity contribution in [1.82, 2.24) is 10.2 Å². The second-order valence-electron chi connectivity index (χ2n) is 5.62. The fourth-order valence-electron chi connectivity index (χ4n) is 2.24. The third kappa shape index (κ3) is 5.72. The number of thiophene rings is 1. The first kappa shape index (κ1) is 18.7. The van der Waals surface area contributed by atoms with Gasteiger partial charge in [0, 0.05) is 37.5 Å². The molecule has 132 valence electrons. The van der Waals surface area contributed by atoms with Gasteiger partial charge in [0.15, 0.2) is 0 Å². The van der Waals surface area contributed by atoms with Crippen LogP contribution in [0.25, 0.3) is 0 Å². The molecule has 0 atom stereocenters. The predicted octanol–water partition coefficient (Wildman–Crippen LogP) is 2.61. The van der Waals surface area contributed by atoms with E-state index in [2.05, 4.69) is 5.32 Å². The number of hydrogen-bond acceptors (Lipinski definition) is 4. The predicted molar refractivity (Wildman–Crippen MR) is 95.8 cm³/mol. The summed E-state index contributed by atoms with van der Waals surface area (Å²) in [5, 5.41) is 15.3. The van der Waals surface area contributed by atoms with Crippen molar-refractivity contribution in [3.8, 4) is 0 Å². The zero-order valence-corrected chi connectivity index (χ0v) is 14.7. The maximum absolute atomic E-state index is 12.1. The lowest BCUT2D eigenvalue weighted by atomic mass is 10.1. The summed E-state index contributed by atoms with van der Waals surface area (Å²) in [6.45, 7) is 0.863. The van der Waals surface area contributed by atoms with Crippen molar-refractivity contribution in [2.45, 2.75) is 19.4 Å². The minimum Gasteiger partial charge on any atom is -0.478 e. The van der Waals surface area contributed by atoms with Crippen molar-refractivity contribution < 1.29 is 19.5 Å². The first-order chi connectivity index (χ1) is 12.0. The van der Waals surface area contributed by atoms with Crippen LogP contribution in [0.5, 0.6) is 0 Å². The summed E-state index contributed by atoms with van der Waals surface area (Å²) < 4.78 is 0. The van der Waals surface area contributed by atoms with Crippen LogP contribution in [0.3, 0.4) is 0 Å². The number of aromatic carboxylic acids is 1. The van der Waals surface area contributed by atoms with E-state index >= 15 is 0 Å². The molecule has 0 aliphatic rings. The topological polar surface area (TPSA) is 86.7 Å². The van der Waals surface area contributed by atoms with Crippen LogP contribution in [0, 0.1) is 0 Å². The molecule has 1 heterocycles. The number of carboxylic acids is 1. The van der Waals surface area contributed by atoms with Gasteiger partial charge in [-0.05, 0) is 35.6 Å². The van der Waals surface area contributed by atoms with Gasteiger partial charge in [0.25, 0.3) is 5.91 Å². The lowest BCUT2D eigenvalue weighted by Crippen LogP contribution is -2.28. The van der Waals surface area contributed by atoms with Gasteiger partial charge in [-0.1, -0.05) is 12.1 Å². The van der Waals surface area contributed by atoms with Crippen molar-refractivity contribution in [2.75, 3.05) is 13.6 Å². The Morgan fingerprint density at radius 1 is 1.12 bits per heavy atom. The molecule has 0 radical (unpaired) electrons. The third-order valence-corrected chi connectivity index (χ3v) is 4.37. The smallest absolute Gasteiger partial charge is 0.335 e. The molecule has 0 bridgehead atoms. The summed E-state index contributed by atoms with van der Waals surface area (Å²) in [7, 11) is 1.71. The Balaban J connectivity index is 1.71. The molecule has 0 saturated heterocycles. The van der Waals surface area contributed by atoms with Gasteiger partial charge in [-0.25, -0.2) is 4.79 Å². The van der Waals surface area contributed by atoms with Gasteiger partial charge < -0.3 is 15.3 Å². The molecule has 0 spiro atoms. The summed E-state index contributed by atoms with van der Waals surface area (Å²) in [4.78, 5) is 36.3. The highest BCUT2D eigenvalue weighted by molar-refractivity contribution is 7.08. The van der Waals surface area contributed by atoms with Gasteiger partial charge >= 0.3 is 5.97 Å². The van der Waals surface area contributed by atoms with Crippen molar-refractivity contribution in [3.05, 3.63) is 57.8 Å². The van der Waals surface area contributed by atoms with Gasteiger partial charge in [0.05, 0.1) is 5.56 Å². The van der Waals surface area contributed by atoms with Crippen molar-refractivity contribution in [1.29, 1.82) is 0 Å². The summed E-state index contributed by atoms with van der Waals surface area (Å²) >= 11 is 1.47. The van der Waals surface area contributed by atoms with Gasteiger partial charge in [-0.2, -0.15) is 11.3 Å². The van der Waals surface area contributed by atoms with Crippen molar-refractivity contribution in [2.24, 2.45) is 0 Å². The average molecular weight is 360 g/mol. The molecule has 25 heavy (non-hydrogen) atoms. The lowest BCUT2D eigenvalue weighted by molar-refractivity contribution is -0.130. The van der Waals surface area contributed by atoms with E-state index in [0.29, 0.717) is 31.5 Å². The van der Waals surface area contributed by atoms with E-state index in [4.69, 9.17) is 5.11 Å². The van der Waals surface area contributed by atoms with Crippen molar-refractivity contribution >= 4 is 29.1 Å². The Labute approximate surface area is 150 Å². The van der Waals surface area contributed by atoms with Crippen LogP contribution in [0.15, 0.2) is 41.1 Å². The maximum atomic E-state index is 12.1. The van der Waals surface area contributed by atoms with Crippen LogP contribution in [-0.2, 0) is 11.3 Å². The molecular formula is C18H20N2O4S. The molecule has 7 heteroatoms. The number of carboxylic acid groups (broad SMARTS) is 1. The maximum Gasteiger partial charge on any atom is 0.335 e. The molecule has 2 aromatic rings. The number of nitrogens with one attached hydrogen (secondary N) is 1. The highest BCUT2D eigenvalue weighted by atomic mass is 32.1. The molecule has 1 aromatic heterocycles. The van der Waals surface area contributed by atoms with Crippen LogP contribution < -0.4 is 5.32 Å². The molecule has 0 unspecified atom stereocenters. The Kier molecular flexibility index (Phi) is 6.71. The van der Waals surface area contributed by atoms with E-state index in [-0.39, 0.29) is 17.4 Å². The number of nitrogens with zero attached hydrogens (tertiary/aromatic N) is 1. The van der Waals surface area contributed by atoms with E-state index in [9.17, 15) is 14.4 Å². The summed E-state index contributed by atoms with van der Waals surface area (Å²) in [6, 6.07) is 8.21. The largest absolute Gasteiger partial charge is 0.478 e. The molecule has 2 rings (SSSR count). The number of rotatable bonds is 8. The van der Waals surface area contributed by atoms with Crippen LogP contribution in [-0.4, -0.2) is 41.4 Å². The molecular weight excluding hydrogens is 340 g/mol. The van der Waals surface area contributed by atoms with E-state index in [1.54, 1.807) is 35.5 Å². The Morgan fingerprint density at radius 3 is 2.44 bits per heavy atom. The number of hydrogen-bond donors (Lipinski definition) is 2. The number of carbonyl (C=O) groups is 3. The van der Waals surface area contributed by atoms with Crippen LogP contribution in [0.2, 0.25) is 0 Å². The summed E-state index contributed by atoms with van der Waals surface area (Å²) in [6.07, 6.45) is 0.907. The first-order valence-electron chi connectivity index (χ1n) is 7.84. The normalized spacial score (nSPS) is 10.3. The van der Waals surface area contributed by atoms with E-state index in [1.807, 2.05) is 5.38 Å². The van der Waals surface area contributed by atoms with Gasteiger partial charge in [-0.15, -0.1) is 0 Å². The minimum absolute atomic E-state index is 0.0212. The van der Waals surface area contributed by atoms with Gasteiger partial charge in [-0.3, -0.25) is 9.59 Å². The molecule has 2 N–H and O–H groups in total. The zero-order valence-electron chi connectivity index (χ0n) is 13.9. The molecule has 0 saturated carbocycles. The quantitative estimate of drug-likeness (QED) is 0.709. The zero-order chi connectivity index (χ0) is 18.2. The van der Waals surface area contributed by atoms with Gasteiger partial charge in [0.2, 0.25) is 5.91 Å². The highest BCUT2D eigenvalue weighted by Crippen LogP contribution is 2.09. The minimum atomic E-state index is -0.972. The molecule has 6 nitrogen and oxygen atoms in total.